The molecule has 1 amide bonds. The highest BCUT2D eigenvalue weighted by Gasteiger charge is 2.19. The fourth-order valence-corrected chi connectivity index (χ4v) is 2.16. The van der Waals surface area contributed by atoms with Crippen molar-refractivity contribution in [3.63, 3.8) is 0 Å². The van der Waals surface area contributed by atoms with E-state index in [1.54, 1.807) is 12.3 Å². The van der Waals surface area contributed by atoms with E-state index in [4.69, 9.17) is 0 Å². The van der Waals surface area contributed by atoms with Gasteiger partial charge in [-0.15, -0.1) is 0 Å². The van der Waals surface area contributed by atoms with Crippen LogP contribution >= 0.6 is 0 Å². The first-order chi connectivity index (χ1) is 9.79. The first-order valence-electron chi connectivity index (χ1n) is 6.89. The summed E-state index contributed by atoms with van der Waals surface area (Å²) in [5.74, 6) is -0.320. The first-order valence-corrected chi connectivity index (χ1v) is 6.89. The molecule has 2 N–H and O–H groups in total. The maximum atomic E-state index is 12.3. The Bertz CT molecular complexity index is 678. The summed E-state index contributed by atoms with van der Waals surface area (Å²) in [6.07, 6.45) is 1.55. The van der Waals surface area contributed by atoms with E-state index in [2.05, 4.69) is 31.1 Å². The average molecular weight is 284 g/mol. The van der Waals surface area contributed by atoms with Crippen molar-refractivity contribution in [1.29, 1.82) is 0 Å². The quantitative estimate of drug-likeness (QED) is 0.843. The molecule has 0 spiro atoms. The molecule has 0 atom stereocenters. The molecule has 2 aromatic rings. The Morgan fingerprint density at radius 2 is 1.81 bits per heavy atom. The van der Waals surface area contributed by atoms with E-state index in [1.165, 1.54) is 6.92 Å². The van der Waals surface area contributed by atoms with Gasteiger partial charge in [-0.1, -0.05) is 39.0 Å². The van der Waals surface area contributed by atoms with Crippen LogP contribution in [-0.2, 0) is 5.41 Å². The summed E-state index contributed by atoms with van der Waals surface area (Å²) in [6.45, 7) is 7.77. The van der Waals surface area contributed by atoms with Crippen LogP contribution in [0.5, 0.6) is 0 Å². The summed E-state index contributed by atoms with van der Waals surface area (Å²) < 4.78 is 0. The smallest absolute Gasteiger partial charge is 0.272 e. The number of benzene rings is 1. The normalized spacial score (nSPS) is 11.2. The molecule has 1 aromatic carbocycles. The highest BCUT2D eigenvalue weighted by molar-refractivity contribution is 6.05. The molecule has 0 saturated carbocycles. The lowest BCUT2D eigenvalue weighted by Gasteiger charge is -2.22. The second kappa shape index (κ2) is 5.56. The van der Waals surface area contributed by atoms with E-state index in [0.29, 0.717) is 11.3 Å². The van der Waals surface area contributed by atoms with Gasteiger partial charge in [0.2, 0.25) is 0 Å². The summed E-state index contributed by atoms with van der Waals surface area (Å²) in [6, 6.07) is 9.30. The van der Waals surface area contributed by atoms with Gasteiger partial charge in [-0.25, -0.2) is 0 Å². The van der Waals surface area contributed by atoms with Gasteiger partial charge in [-0.05, 0) is 30.0 Å². The Labute approximate surface area is 124 Å². The van der Waals surface area contributed by atoms with Crippen molar-refractivity contribution in [2.45, 2.75) is 33.1 Å². The molecule has 1 aromatic heterocycles. The zero-order valence-corrected chi connectivity index (χ0v) is 12.8. The van der Waals surface area contributed by atoms with E-state index >= 15 is 0 Å². The topological polar surface area (TPSA) is 62.0 Å². The largest absolute Gasteiger partial charge is 0.356 e. The van der Waals surface area contributed by atoms with Crippen molar-refractivity contribution < 1.29 is 9.59 Å². The number of ketones is 1. The Balaban J connectivity index is 2.25. The molecule has 0 saturated heterocycles. The van der Waals surface area contributed by atoms with Crippen LogP contribution in [0.4, 0.5) is 5.69 Å². The molecular formula is C17H20N2O2. The zero-order valence-electron chi connectivity index (χ0n) is 12.8. The van der Waals surface area contributed by atoms with Gasteiger partial charge in [0, 0.05) is 17.4 Å². The van der Waals surface area contributed by atoms with E-state index in [-0.39, 0.29) is 17.1 Å². The predicted octanol–water partition coefficient (Wildman–Crippen LogP) is 3.77. The molecule has 2 rings (SSSR count). The third kappa shape index (κ3) is 3.40. The van der Waals surface area contributed by atoms with Crippen molar-refractivity contribution in [2.24, 2.45) is 0 Å². The van der Waals surface area contributed by atoms with Gasteiger partial charge < -0.3 is 10.3 Å². The second-order valence-electron chi connectivity index (χ2n) is 6.11. The molecule has 1 heterocycles. The number of amides is 1. The number of hydrogen-bond donors (Lipinski definition) is 2. The first kappa shape index (κ1) is 15.0. The van der Waals surface area contributed by atoms with Gasteiger partial charge in [0.05, 0.1) is 0 Å². The van der Waals surface area contributed by atoms with Crippen LogP contribution in [0.1, 0.15) is 54.1 Å². The van der Waals surface area contributed by atoms with Gasteiger partial charge in [0.15, 0.2) is 5.78 Å². The van der Waals surface area contributed by atoms with Crippen molar-refractivity contribution in [2.75, 3.05) is 5.32 Å². The van der Waals surface area contributed by atoms with Gasteiger partial charge >= 0.3 is 0 Å². The molecule has 4 heteroatoms. The third-order valence-corrected chi connectivity index (χ3v) is 3.32. The highest BCUT2D eigenvalue weighted by Crippen LogP contribution is 2.29. The number of para-hydroxylation sites is 1. The second-order valence-corrected chi connectivity index (χ2v) is 6.11. The van der Waals surface area contributed by atoms with E-state index in [1.807, 2.05) is 24.3 Å². The predicted molar refractivity (Wildman–Crippen MR) is 83.9 cm³/mol. The van der Waals surface area contributed by atoms with E-state index in [0.717, 1.165) is 11.3 Å². The van der Waals surface area contributed by atoms with Crippen LogP contribution in [0.2, 0.25) is 0 Å². The lowest BCUT2D eigenvalue weighted by atomic mass is 9.86. The number of aromatic nitrogens is 1. The minimum Gasteiger partial charge on any atom is -0.356 e. The number of carbonyl (C=O) groups is 2. The maximum absolute atomic E-state index is 12.3. The molecule has 0 unspecified atom stereocenters. The molecule has 21 heavy (non-hydrogen) atoms. The average Bonchev–Trinajstić information content (AvgIpc) is 2.88. The van der Waals surface area contributed by atoms with Crippen LogP contribution in [0, 0.1) is 0 Å². The summed E-state index contributed by atoms with van der Waals surface area (Å²) >= 11 is 0. The van der Waals surface area contributed by atoms with Gasteiger partial charge in [-0.2, -0.15) is 0 Å². The van der Waals surface area contributed by atoms with Crippen molar-refractivity contribution in [3.05, 3.63) is 53.3 Å². The van der Waals surface area contributed by atoms with Crippen molar-refractivity contribution >= 4 is 17.4 Å². The Morgan fingerprint density at radius 3 is 2.38 bits per heavy atom. The summed E-state index contributed by atoms with van der Waals surface area (Å²) in [5.41, 5.74) is 2.67. The molecule has 0 bridgehead atoms. The zero-order chi connectivity index (χ0) is 15.6. The van der Waals surface area contributed by atoms with Crippen LogP contribution < -0.4 is 5.32 Å². The number of H-pyrrole nitrogens is 1. The molecule has 0 aliphatic carbocycles. The highest BCUT2D eigenvalue weighted by atomic mass is 16.2. The SMILES string of the molecule is CC(=O)c1c[nH]c(C(=O)Nc2ccccc2C(C)(C)C)c1. The van der Waals surface area contributed by atoms with Gasteiger partial charge in [0.25, 0.3) is 5.91 Å². The Kier molecular flexibility index (Phi) is 3.98. The van der Waals surface area contributed by atoms with Crippen LogP contribution in [0.15, 0.2) is 36.5 Å². The molecule has 0 radical (unpaired) electrons. The van der Waals surface area contributed by atoms with Crippen molar-refractivity contribution in [1.82, 2.24) is 4.98 Å². The molecule has 0 aliphatic heterocycles. The lowest BCUT2D eigenvalue weighted by Crippen LogP contribution is -2.18. The summed E-state index contributed by atoms with van der Waals surface area (Å²) in [5, 5.41) is 2.90. The molecular weight excluding hydrogens is 264 g/mol. The number of Topliss-reactive ketones (excluding diaryl/α,β-unsaturated/α-hetero) is 1. The minimum absolute atomic E-state index is 0.0653. The standard InChI is InChI=1S/C17H20N2O2/c1-11(20)12-9-15(18-10-12)16(21)19-14-8-6-5-7-13(14)17(2,3)4/h5-10,18H,1-4H3,(H,19,21). The van der Waals surface area contributed by atoms with E-state index < -0.39 is 0 Å². The number of anilines is 1. The summed E-state index contributed by atoms with van der Waals surface area (Å²) in [7, 11) is 0. The maximum Gasteiger partial charge on any atom is 0.272 e. The van der Waals surface area contributed by atoms with Gasteiger partial charge in [0.1, 0.15) is 5.69 Å². The Morgan fingerprint density at radius 1 is 1.14 bits per heavy atom. The van der Waals surface area contributed by atoms with Gasteiger partial charge in [-0.3, -0.25) is 9.59 Å². The number of nitrogens with one attached hydrogen (secondary N) is 2. The lowest BCUT2D eigenvalue weighted by molar-refractivity contribution is 0.101. The molecule has 0 aliphatic rings. The van der Waals surface area contributed by atoms with Crippen LogP contribution in [-0.4, -0.2) is 16.7 Å². The number of hydrogen-bond acceptors (Lipinski definition) is 2. The summed E-state index contributed by atoms with van der Waals surface area (Å²) in [4.78, 5) is 26.4. The number of carbonyl (C=O) groups excluding carboxylic acids is 2. The fourth-order valence-electron chi connectivity index (χ4n) is 2.16. The molecule has 4 nitrogen and oxygen atoms in total. The van der Waals surface area contributed by atoms with E-state index in [9.17, 15) is 9.59 Å². The molecule has 0 fully saturated rings. The number of aromatic amines is 1. The van der Waals surface area contributed by atoms with Crippen molar-refractivity contribution in [3.8, 4) is 0 Å². The monoisotopic (exact) mass is 284 g/mol. The molecule has 110 valence electrons. The van der Waals surface area contributed by atoms with Crippen LogP contribution in [0.3, 0.4) is 0 Å². The minimum atomic E-state index is -0.251. The third-order valence-electron chi connectivity index (χ3n) is 3.32. The number of rotatable bonds is 3. The Hall–Kier alpha value is -2.36. The van der Waals surface area contributed by atoms with Crippen LogP contribution in [0.25, 0.3) is 0 Å². The fraction of sp³-hybridized carbons (Fsp3) is 0.294.